The summed E-state index contributed by atoms with van der Waals surface area (Å²) in [5, 5.41) is 14.1. The minimum atomic E-state index is -1.80. The van der Waals surface area contributed by atoms with Crippen molar-refractivity contribution >= 4 is 11.7 Å². The van der Waals surface area contributed by atoms with Crippen molar-refractivity contribution < 1.29 is 9.90 Å². The lowest BCUT2D eigenvalue weighted by atomic mass is 9.85. The summed E-state index contributed by atoms with van der Waals surface area (Å²) >= 11 is 0. The van der Waals surface area contributed by atoms with Crippen LogP contribution in [0.3, 0.4) is 0 Å². The maximum Gasteiger partial charge on any atom is 0.266 e. The molecule has 0 aliphatic rings. The van der Waals surface area contributed by atoms with Crippen molar-refractivity contribution in [1.29, 1.82) is 0 Å². The first-order valence-corrected chi connectivity index (χ1v) is 8.10. The molecule has 126 valence electrons. The number of anilines is 1. The zero-order valence-corrected chi connectivity index (χ0v) is 14.2. The Labute approximate surface area is 147 Å². The molecule has 0 saturated heterocycles. The van der Waals surface area contributed by atoms with Crippen LogP contribution in [0.25, 0.3) is 0 Å². The first-order chi connectivity index (χ1) is 12.0. The number of aliphatic hydroxyl groups is 1. The smallest absolute Gasteiger partial charge is 0.266 e. The zero-order chi connectivity index (χ0) is 17.9. The molecule has 0 unspecified atom stereocenters. The lowest BCUT2D eigenvalue weighted by Crippen LogP contribution is -2.41. The number of pyridine rings is 1. The average molecular weight is 332 g/mol. The Morgan fingerprint density at radius 2 is 1.44 bits per heavy atom. The van der Waals surface area contributed by atoms with E-state index in [1.54, 1.807) is 54.6 Å². The molecule has 1 aromatic heterocycles. The summed E-state index contributed by atoms with van der Waals surface area (Å²) in [6.45, 7) is 3.80. The Hall–Kier alpha value is -2.98. The number of aromatic nitrogens is 1. The maximum atomic E-state index is 13.1. The fourth-order valence-corrected chi connectivity index (χ4v) is 2.90. The third-order valence-corrected chi connectivity index (χ3v) is 4.05. The van der Waals surface area contributed by atoms with Gasteiger partial charge in [-0.15, -0.1) is 0 Å². The van der Waals surface area contributed by atoms with Gasteiger partial charge < -0.3 is 10.4 Å². The highest BCUT2D eigenvalue weighted by atomic mass is 16.3. The number of nitrogens with zero attached hydrogens (tertiary/aromatic N) is 1. The summed E-state index contributed by atoms with van der Waals surface area (Å²) in [6.07, 6.45) is 0. The van der Waals surface area contributed by atoms with Gasteiger partial charge in [-0.1, -0.05) is 60.7 Å². The van der Waals surface area contributed by atoms with Gasteiger partial charge in [0.15, 0.2) is 5.60 Å². The maximum absolute atomic E-state index is 13.1. The van der Waals surface area contributed by atoms with E-state index in [0.717, 1.165) is 11.3 Å². The number of carbonyl (C=O) groups is 1. The van der Waals surface area contributed by atoms with Crippen molar-refractivity contribution in [2.45, 2.75) is 19.4 Å². The number of amides is 1. The number of nitrogens with one attached hydrogen (secondary N) is 1. The Morgan fingerprint density at radius 3 is 1.92 bits per heavy atom. The third-order valence-electron chi connectivity index (χ3n) is 4.05. The number of carbonyl (C=O) groups excluding carboxylic acids is 1. The molecule has 3 rings (SSSR count). The monoisotopic (exact) mass is 332 g/mol. The van der Waals surface area contributed by atoms with Crippen LogP contribution in [-0.2, 0) is 10.4 Å². The molecule has 3 aromatic rings. The third kappa shape index (κ3) is 3.44. The Morgan fingerprint density at radius 1 is 0.920 bits per heavy atom. The van der Waals surface area contributed by atoms with Crippen LogP contribution in [0.4, 0.5) is 5.82 Å². The van der Waals surface area contributed by atoms with Gasteiger partial charge >= 0.3 is 0 Å². The van der Waals surface area contributed by atoms with E-state index >= 15 is 0 Å². The molecule has 1 amide bonds. The van der Waals surface area contributed by atoms with Crippen molar-refractivity contribution in [2.75, 3.05) is 5.32 Å². The van der Waals surface area contributed by atoms with Crippen LogP contribution in [0, 0.1) is 13.8 Å². The molecule has 0 spiro atoms. The minimum absolute atomic E-state index is 0.424. The molecule has 25 heavy (non-hydrogen) atoms. The standard InChI is InChI=1S/C21H20N2O2/c1-15-13-16(2)22-19(14-15)23-20(24)21(25,17-9-5-3-6-10-17)18-11-7-4-8-12-18/h3-14,25H,1-2H3,(H,22,23,24). The van der Waals surface area contributed by atoms with Crippen LogP contribution >= 0.6 is 0 Å². The molecule has 0 atom stereocenters. The van der Waals surface area contributed by atoms with Crippen molar-refractivity contribution in [3.63, 3.8) is 0 Å². The SMILES string of the molecule is Cc1cc(C)nc(NC(=O)C(O)(c2ccccc2)c2ccccc2)c1. The van der Waals surface area contributed by atoms with Crippen molar-refractivity contribution in [1.82, 2.24) is 4.98 Å². The van der Waals surface area contributed by atoms with E-state index in [0.29, 0.717) is 16.9 Å². The van der Waals surface area contributed by atoms with Crippen LogP contribution < -0.4 is 5.32 Å². The minimum Gasteiger partial charge on any atom is -0.372 e. The quantitative estimate of drug-likeness (QED) is 0.768. The van der Waals surface area contributed by atoms with E-state index < -0.39 is 11.5 Å². The van der Waals surface area contributed by atoms with Crippen LogP contribution in [-0.4, -0.2) is 16.0 Å². The molecule has 4 heteroatoms. The zero-order valence-electron chi connectivity index (χ0n) is 14.2. The number of benzene rings is 2. The first kappa shape index (κ1) is 16.9. The van der Waals surface area contributed by atoms with E-state index in [9.17, 15) is 9.90 Å². The van der Waals surface area contributed by atoms with Gasteiger partial charge in [0.25, 0.3) is 5.91 Å². The second-order valence-electron chi connectivity index (χ2n) is 6.07. The molecule has 4 nitrogen and oxygen atoms in total. The van der Waals surface area contributed by atoms with Crippen molar-refractivity contribution in [3.05, 3.63) is 95.2 Å². The van der Waals surface area contributed by atoms with Crippen LogP contribution in [0.1, 0.15) is 22.4 Å². The molecular weight excluding hydrogens is 312 g/mol. The molecule has 2 aromatic carbocycles. The molecule has 0 saturated carbocycles. The fraction of sp³-hybridized carbons (Fsp3) is 0.143. The lowest BCUT2D eigenvalue weighted by Gasteiger charge is -2.28. The highest BCUT2D eigenvalue weighted by Gasteiger charge is 2.40. The topological polar surface area (TPSA) is 62.2 Å². The van der Waals surface area contributed by atoms with Crippen LogP contribution in [0.2, 0.25) is 0 Å². The lowest BCUT2D eigenvalue weighted by molar-refractivity contribution is -0.131. The summed E-state index contributed by atoms with van der Waals surface area (Å²) in [5.74, 6) is -0.116. The Kier molecular flexibility index (Phi) is 4.63. The Bertz CT molecular complexity index is 817. The van der Waals surface area contributed by atoms with Crippen LogP contribution in [0.5, 0.6) is 0 Å². The van der Waals surface area contributed by atoms with Gasteiger partial charge in [0, 0.05) is 5.69 Å². The van der Waals surface area contributed by atoms with Gasteiger partial charge in [0.1, 0.15) is 5.82 Å². The summed E-state index contributed by atoms with van der Waals surface area (Å²) in [6, 6.07) is 21.5. The van der Waals surface area contributed by atoms with Crippen LogP contribution in [0.15, 0.2) is 72.8 Å². The van der Waals surface area contributed by atoms with E-state index in [1.165, 1.54) is 0 Å². The Balaban J connectivity index is 2.04. The van der Waals surface area contributed by atoms with Gasteiger partial charge in [-0.3, -0.25) is 4.79 Å². The fourth-order valence-electron chi connectivity index (χ4n) is 2.90. The summed E-state index contributed by atoms with van der Waals surface area (Å²) in [4.78, 5) is 17.4. The van der Waals surface area contributed by atoms with E-state index in [4.69, 9.17) is 0 Å². The normalized spacial score (nSPS) is 11.2. The highest BCUT2D eigenvalue weighted by Crippen LogP contribution is 2.31. The number of hydrogen-bond donors (Lipinski definition) is 2. The largest absolute Gasteiger partial charge is 0.372 e. The predicted molar refractivity (Wildman–Crippen MR) is 98.2 cm³/mol. The van der Waals surface area contributed by atoms with Crippen molar-refractivity contribution in [2.24, 2.45) is 0 Å². The number of rotatable bonds is 4. The molecule has 0 bridgehead atoms. The van der Waals surface area contributed by atoms with E-state index in [2.05, 4.69) is 10.3 Å². The van der Waals surface area contributed by atoms with Gasteiger partial charge in [-0.05, 0) is 42.7 Å². The molecule has 0 aliphatic heterocycles. The second-order valence-corrected chi connectivity index (χ2v) is 6.07. The van der Waals surface area contributed by atoms with Gasteiger partial charge in [0.2, 0.25) is 0 Å². The molecule has 1 heterocycles. The number of aryl methyl sites for hydroxylation is 2. The summed E-state index contributed by atoms with van der Waals surface area (Å²) < 4.78 is 0. The molecule has 0 radical (unpaired) electrons. The predicted octanol–water partition coefficient (Wildman–Crippen LogP) is 3.57. The molecular formula is C21H20N2O2. The second kappa shape index (κ2) is 6.87. The van der Waals surface area contributed by atoms with Crippen molar-refractivity contribution in [3.8, 4) is 0 Å². The molecule has 2 N–H and O–H groups in total. The van der Waals surface area contributed by atoms with E-state index in [1.807, 2.05) is 32.0 Å². The molecule has 0 aliphatic carbocycles. The van der Waals surface area contributed by atoms with Gasteiger partial charge in [0.05, 0.1) is 0 Å². The van der Waals surface area contributed by atoms with E-state index in [-0.39, 0.29) is 0 Å². The average Bonchev–Trinajstić information content (AvgIpc) is 2.61. The summed E-state index contributed by atoms with van der Waals surface area (Å²) in [7, 11) is 0. The number of hydrogen-bond acceptors (Lipinski definition) is 3. The van der Waals surface area contributed by atoms with Gasteiger partial charge in [-0.2, -0.15) is 0 Å². The highest BCUT2D eigenvalue weighted by molar-refractivity contribution is 5.99. The molecule has 0 fully saturated rings. The first-order valence-electron chi connectivity index (χ1n) is 8.10. The summed E-state index contributed by atoms with van der Waals surface area (Å²) in [5.41, 5.74) is 0.997. The van der Waals surface area contributed by atoms with Gasteiger partial charge in [-0.25, -0.2) is 4.98 Å².